The Morgan fingerprint density at radius 1 is 1.19 bits per heavy atom. The van der Waals surface area contributed by atoms with Gasteiger partial charge in [-0.15, -0.1) is 0 Å². The Hall–Kier alpha value is -3.10. The number of cyclic esters (lactones) is 1. The van der Waals surface area contributed by atoms with Crippen molar-refractivity contribution >= 4 is 16.9 Å². The van der Waals surface area contributed by atoms with Crippen LogP contribution in [0.1, 0.15) is 73.0 Å². The van der Waals surface area contributed by atoms with E-state index in [0.29, 0.717) is 34.6 Å². The second kappa shape index (κ2) is 7.95. The Bertz CT molecular complexity index is 1520. The van der Waals surface area contributed by atoms with Gasteiger partial charge in [-0.3, -0.25) is 9.69 Å². The van der Waals surface area contributed by atoms with Crippen molar-refractivity contribution in [2.75, 3.05) is 13.1 Å². The van der Waals surface area contributed by atoms with E-state index in [2.05, 4.69) is 18.7 Å². The number of rotatable bonds is 4. The van der Waals surface area contributed by atoms with Crippen LogP contribution in [-0.2, 0) is 34.7 Å². The molecule has 0 radical (unpaired) electrons. The maximum Gasteiger partial charge on any atom is 0.343 e. The number of aryl methyl sites for hydroxylation is 1. The molecule has 0 amide bonds. The Kier molecular flexibility index (Phi) is 5.15. The minimum absolute atomic E-state index is 0.0862. The lowest BCUT2D eigenvalue weighted by Crippen LogP contribution is -2.44. The fourth-order valence-electron chi connectivity index (χ4n) is 6.56. The number of esters is 1. The van der Waals surface area contributed by atoms with E-state index in [9.17, 15) is 19.1 Å². The zero-order valence-electron chi connectivity index (χ0n) is 21.1. The summed E-state index contributed by atoms with van der Waals surface area (Å²) in [4.78, 5) is 33.5. The molecule has 36 heavy (non-hydrogen) atoms. The predicted molar refractivity (Wildman–Crippen MR) is 133 cm³/mol. The van der Waals surface area contributed by atoms with E-state index in [4.69, 9.17) is 9.72 Å². The second-order valence-corrected chi connectivity index (χ2v) is 10.1. The normalized spacial score (nSPS) is 22.0. The summed E-state index contributed by atoms with van der Waals surface area (Å²) in [5.74, 6) is -1.02. The third-order valence-electron chi connectivity index (χ3n) is 8.60. The van der Waals surface area contributed by atoms with Crippen LogP contribution in [-0.4, -0.2) is 38.6 Å². The van der Waals surface area contributed by atoms with E-state index >= 15 is 0 Å². The highest BCUT2D eigenvalue weighted by atomic mass is 19.1. The lowest BCUT2D eigenvalue weighted by molar-refractivity contribution is -0.172. The van der Waals surface area contributed by atoms with Gasteiger partial charge in [-0.05, 0) is 62.0 Å². The lowest BCUT2D eigenvalue weighted by atomic mass is 9.81. The molecule has 1 aliphatic carbocycles. The molecule has 3 aliphatic rings. The minimum Gasteiger partial charge on any atom is -0.458 e. The number of nitrogens with zero attached hydrogens (tertiary/aromatic N) is 3. The monoisotopic (exact) mass is 491 g/mol. The molecule has 2 atom stereocenters. The Labute approximate surface area is 208 Å². The number of aromatic nitrogens is 2. The van der Waals surface area contributed by atoms with E-state index in [0.717, 1.165) is 48.0 Å². The summed E-state index contributed by atoms with van der Waals surface area (Å²) >= 11 is 0. The predicted octanol–water partition coefficient (Wildman–Crippen LogP) is 3.86. The van der Waals surface area contributed by atoms with Gasteiger partial charge in [0.15, 0.2) is 5.60 Å². The van der Waals surface area contributed by atoms with E-state index < -0.39 is 11.6 Å². The molecule has 188 valence electrons. The maximum atomic E-state index is 15.0. The van der Waals surface area contributed by atoms with Crippen molar-refractivity contribution in [2.24, 2.45) is 0 Å². The van der Waals surface area contributed by atoms with Gasteiger partial charge in [0.05, 0.1) is 29.0 Å². The number of fused-ring (bicyclic) bond motifs is 5. The number of halogens is 1. The number of carbonyl (C=O) groups is 1. The molecule has 6 rings (SSSR count). The van der Waals surface area contributed by atoms with Gasteiger partial charge in [-0.1, -0.05) is 20.8 Å². The van der Waals surface area contributed by atoms with E-state index in [-0.39, 0.29) is 36.0 Å². The van der Waals surface area contributed by atoms with Gasteiger partial charge in [0.1, 0.15) is 12.4 Å². The van der Waals surface area contributed by atoms with Gasteiger partial charge >= 0.3 is 5.97 Å². The molecule has 2 aliphatic heterocycles. The van der Waals surface area contributed by atoms with Crippen LogP contribution in [0.25, 0.3) is 22.3 Å². The summed E-state index contributed by atoms with van der Waals surface area (Å²) < 4.78 is 21.8. The maximum absolute atomic E-state index is 15.0. The molecule has 2 unspecified atom stereocenters. The first-order valence-electron chi connectivity index (χ1n) is 12.8. The SMILES string of the molecule is CCN(CC)C1CCc2c(C)c(F)cc3nc4c(c1c23)Cn1c-4cc2c(c1=O)COC(=O)C2(O)CC. The van der Waals surface area contributed by atoms with Crippen LogP contribution in [0.3, 0.4) is 0 Å². The van der Waals surface area contributed by atoms with Crippen LogP contribution in [0.2, 0.25) is 0 Å². The van der Waals surface area contributed by atoms with E-state index in [1.54, 1.807) is 17.6 Å². The van der Waals surface area contributed by atoms with Crippen molar-refractivity contribution in [3.8, 4) is 11.4 Å². The molecule has 0 bridgehead atoms. The van der Waals surface area contributed by atoms with Crippen LogP contribution in [0.4, 0.5) is 4.39 Å². The smallest absolute Gasteiger partial charge is 0.343 e. The third-order valence-corrected chi connectivity index (χ3v) is 8.60. The number of hydrogen-bond acceptors (Lipinski definition) is 6. The molecule has 0 spiro atoms. The molecule has 3 aromatic rings. The molecule has 0 fully saturated rings. The minimum atomic E-state index is -1.88. The first-order chi connectivity index (χ1) is 17.2. The number of carbonyl (C=O) groups excluding carboxylic acids is 1. The fraction of sp³-hybridized carbons (Fsp3) is 0.464. The number of ether oxygens (including phenoxy) is 1. The highest BCUT2D eigenvalue weighted by Crippen LogP contribution is 2.47. The van der Waals surface area contributed by atoms with E-state index in [1.165, 1.54) is 6.07 Å². The summed E-state index contributed by atoms with van der Waals surface area (Å²) in [6, 6.07) is 3.36. The summed E-state index contributed by atoms with van der Waals surface area (Å²) in [7, 11) is 0. The van der Waals surface area contributed by atoms with Crippen LogP contribution < -0.4 is 5.56 Å². The topological polar surface area (TPSA) is 84.7 Å². The van der Waals surface area contributed by atoms with Crippen molar-refractivity contribution < 1.29 is 19.0 Å². The molecule has 0 saturated heterocycles. The Morgan fingerprint density at radius 3 is 2.64 bits per heavy atom. The highest BCUT2D eigenvalue weighted by Gasteiger charge is 2.46. The van der Waals surface area contributed by atoms with Crippen molar-refractivity contribution in [3.05, 3.63) is 61.7 Å². The summed E-state index contributed by atoms with van der Waals surface area (Å²) in [5, 5.41) is 12.2. The Morgan fingerprint density at radius 2 is 1.94 bits per heavy atom. The van der Waals surface area contributed by atoms with Crippen LogP contribution in [0.5, 0.6) is 0 Å². The largest absolute Gasteiger partial charge is 0.458 e. The fourth-order valence-corrected chi connectivity index (χ4v) is 6.56. The van der Waals surface area contributed by atoms with E-state index in [1.807, 2.05) is 6.92 Å². The average Bonchev–Trinajstić information content (AvgIpc) is 3.25. The molecule has 1 N–H and O–H groups in total. The van der Waals surface area contributed by atoms with Gasteiger partial charge in [-0.2, -0.15) is 0 Å². The first kappa shape index (κ1) is 23.3. The second-order valence-electron chi connectivity index (χ2n) is 10.1. The number of hydrogen-bond donors (Lipinski definition) is 1. The number of benzene rings is 1. The van der Waals surface area contributed by atoms with Gasteiger partial charge in [0.2, 0.25) is 0 Å². The molecule has 8 heteroatoms. The zero-order valence-corrected chi connectivity index (χ0v) is 21.1. The van der Waals surface area contributed by atoms with Crippen molar-refractivity contribution in [1.29, 1.82) is 0 Å². The van der Waals surface area contributed by atoms with Crippen LogP contribution in [0, 0.1) is 12.7 Å². The Balaban J connectivity index is 1.69. The van der Waals surface area contributed by atoms with Gasteiger partial charge in [-0.25, -0.2) is 14.2 Å². The molecular formula is C28H30FN3O4. The average molecular weight is 492 g/mol. The highest BCUT2D eigenvalue weighted by molar-refractivity contribution is 5.93. The molecule has 4 heterocycles. The lowest BCUT2D eigenvalue weighted by Gasteiger charge is -2.36. The molecule has 2 aromatic heterocycles. The summed E-state index contributed by atoms with van der Waals surface area (Å²) in [5.41, 5.74) is 3.96. The van der Waals surface area contributed by atoms with Crippen LogP contribution >= 0.6 is 0 Å². The van der Waals surface area contributed by atoms with Gasteiger partial charge < -0.3 is 14.4 Å². The molecule has 1 aromatic carbocycles. The summed E-state index contributed by atoms with van der Waals surface area (Å²) in [6.45, 7) is 9.73. The van der Waals surface area contributed by atoms with Crippen molar-refractivity contribution in [3.63, 3.8) is 0 Å². The van der Waals surface area contributed by atoms with Gasteiger partial charge in [0.25, 0.3) is 5.56 Å². The van der Waals surface area contributed by atoms with Crippen LogP contribution in [0.15, 0.2) is 16.9 Å². The van der Waals surface area contributed by atoms with Crippen molar-refractivity contribution in [2.45, 2.75) is 71.8 Å². The van der Waals surface area contributed by atoms with Gasteiger partial charge in [0, 0.05) is 28.6 Å². The number of pyridine rings is 2. The number of aliphatic hydroxyl groups is 1. The molecule has 0 saturated carbocycles. The molecular weight excluding hydrogens is 461 g/mol. The molecule has 7 nitrogen and oxygen atoms in total. The third kappa shape index (κ3) is 2.88. The standard InChI is InChI=1S/C28H30FN3O4/c1-5-28(35)18-10-22-25-16(12-32(22)26(33)17(18)13-36-27(28)34)24-21(31(6-2)7-3)9-8-15-14(4)19(29)11-20(30-25)23(15)24/h10-11,21,35H,5-9,12-13H2,1-4H3. The quantitative estimate of drug-likeness (QED) is 0.437. The first-order valence-corrected chi connectivity index (χ1v) is 12.8. The summed E-state index contributed by atoms with van der Waals surface area (Å²) in [6.07, 6.45) is 1.73. The van der Waals surface area contributed by atoms with Crippen molar-refractivity contribution in [1.82, 2.24) is 14.5 Å². The zero-order chi connectivity index (χ0) is 25.5.